The molecule has 1 fully saturated rings. The van der Waals surface area contributed by atoms with Crippen LogP contribution in [0.3, 0.4) is 0 Å². The SMILES string of the molecule is Cc1cc2c3c(c1)N(c1ccc4oc5ccccc5c4c1)c1cc(N4c5ccc(-c6ccccc6)cc5C5(C)CCCCC45C)ccc1B3c1cc(C(C)(C)C)ccc1N2c1ccc(C(C)(C)C)cc1. The number of anilines is 8. The van der Waals surface area contributed by atoms with E-state index in [1.807, 2.05) is 0 Å². The van der Waals surface area contributed by atoms with E-state index in [2.05, 4.69) is 241 Å². The van der Waals surface area contributed by atoms with Crippen molar-refractivity contribution in [1.29, 1.82) is 0 Å². The minimum atomic E-state index is -0.116. The molecule has 0 saturated heterocycles. The fraction of sp³-hybridized carbons (Fsp3) is 0.262. The third-order valence-electron chi connectivity index (χ3n) is 17.1. The van der Waals surface area contributed by atoms with Crippen molar-refractivity contribution in [2.75, 3.05) is 14.7 Å². The van der Waals surface area contributed by atoms with Crippen LogP contribution in [0.5, 0.6) is 0 Å². The lowest BCUT2D eigenvalue weighted by atomic mass is 9.33. The molecule has 13 rings (SSSR count). The Hall–Kier alpha value is -6.98. The third kappa shape index (κ3) is 6.22. The number of nitrogens with zero attached hydrogens (tertiary/aromatic N) is 3. The molecular formula is C65H62BN3O. The largest absolute Gasteiger partial charge is 0.456 e. The molecule has 0 bridgehead atoms. The summed E-state index contributed by atoms with van der Waals surface area (Å²) in [6, 6.07) is 62.6. The van der Waals surface area contributed by atoms with Crippen LogP contribution in [0.2, 0.25) is 0 Å². The van der Waals surface area contributed by atoms with Gasteiger partial charge in [0.05, 0.1) is 5.54 Å². The summed E-state index contributed by atoms with van der Waals surface area (Å²) < 4.78 is 6.48. The molecule has 8 aromatic carbocycles. The number of aryl methyl sites for hydroxylation is 1. The van der Waals surface area contributed by atoms with Gasteiger partial charge in [0.15, 0.2) is 0 Å². The van der Waals surface area contributed by atoms with Gasteiger partial charge in [-0.2, -0.15) is 0 Å². The summed E-state index contributed by atoms with van der Waals surface area (Å²) in [7, 11) is 0. The molecular weight excluding hydrogens is 850 g/mol. The van der Waals surface area contributed by atoms with Crippen LogP contribution in [0.1, 0.15) is 103 Å². The van der Waals surface area contributed by atoms with Crippen molar-refractivity contribution in [2.45, 2.75) is 110 Å². The van der Waals surface area contributed by atoms with Crippen LogP contribution in [-0.4, -0.2) is 12.3 Å². The van der Waals surface area contributed by atoms with Gasteiger partial charge in [-0.25, -0.2) is 0 Å². The van der Waals surface area contributed by atoms with Crippen LogP contribution in [0.4, 0.5) is 45.5 Å². The van der Waals surface area contributed by atoms with Crippen LogP contribution in [0.25, 0.3) is 33.1 Å². The van der Waals surface area contributed by atoms with Gasteiger partial charge in [0.2, 0.25) is 0 Å². The van der Waals surface area contributed by atoms with Crippen LogP contribution >= 0.6 is 0 Å². The maximum atomic E-state index is 6.48. The molecule has 0 N–H and O–H groups in total. The predicted octanol–water partition coefficient (Wildman–Crippen LogP) is 16.0. The average Bonchev–Trinajstić information content (AvgIpc) is 3.82. The van der Waals surface area contributed by atoms with Gasteiger partial charge in [-0.05, 0) is 166 Å². The Morgan fingerprint density at radius 1 is 0.486 bits per heavy atom. The summed E-state index contributed by atoms with van der Waals surface area (Å²) >= 11 is 0. The Labute approximate surface area is 414 Å². The van der Waals surface area contributed by atoms with Crippen molar-refractivity contribution >= 4 is 90.5 Å². The topological polar surface area (TPSA) is 22.9 Å². The maximum absolute atomic E-state index is 6.48. The highest BCUT2D eigenvalue weighted by Gasteiger charge is 2.58. The van der Waals surface area contributed by atoms with Gasteiger partial charge in [-0.15, -0.1) is 0 Å². The van der Waals surface area contributed by atoms with Gasteiger partial charge in [-0.1, -0.05) is 146 Å². The molecule has 9 aromatic rings. The summed E-state index contributed by atoms with van der Waals surface area (Å²) in [5.74, 6) is 0. The number of furan rings is 1. The van der Waals surface area contributed by atoms with Crippen molar-refractivity contribution in [3.05, 3.63) is 186 Å². The molecule has 1 aromatic heterocycles. The normalized spacial score (nSPS) is 19.3. The number of hydrogen-bond acceptors (Lipinski definition) is 4. The zero-order valence-corrected chi connectivity index (χ0v) is 42.2. The van der Waals surface area contributed by atoms with Crippen molar-refractivity contribution in [1.82, 2.24) is 0 Å². The number of benzene rings is 8. The van der Waals surface area contributed by atoms with E-state index in [4.69, 9.17) is 4.42 Å². The van der Waals surface area contributed by atoms with Gasteiger partial charge in [0.25, 0.3) is 6.71 Å². The van der Waals surface area contributed by atoms with Crippen molar-refractivity contribution in [2.24, 2.45) is 0 Å². The Bertz CT molecular complexity index is 3590. The van der Waals surface area contributed by atoms with E-state index in [1.165, 1.54) is 109 Å². The first-order valence-electron chi connectivity index (χ1n) is 25.7. The lowest BCUT2D eigenvalue weighted by Gasteiger charge is -2.50. The second kappa shape index (κ2) is 15.0. The fourth-order valence-corrected chi connectivity index (χ4v) is 13.2. The Kier molecular flexibility index (Phi) is 9.24. The number of fused-ring (bicyclic) bond motifs is 10. The summed E-state index contributed by atoms with van der Waals surface area (Å²) in [5, 5.41) is 2.26. The Morgan fingerprint density at radius 2 is 1.13 bits per heavy atom. The van der Waals surface area contributed by atoms with Crippen LogP contribution in [0.15, 0.2) is 168 Å². The van der Waals surface area contributed by atoms with E-state index in [0.29, 0.717) is 0 Å². The molecule has 346 valence electrons. The first-order chi connectivity index (χ1) is 33.6. The summed E-state index contributed by atoms with van der Waals surface area (Å²) in [6.07, 6.45) is 4.76. The molecule has 1 aliphatic carbocycles. The van der Waals surface area contributed by atoms with E-state index in [-0.39, 0.29) is 28.5 Å². The van der Waals surface area contributed by atoms with E-state index in [9.17, 15) is 0 Å². The molecule has 4 aliphatic rings. The average molecular weight is 912 g/mol. The van der Waals surface area contributed by atoms with Crippen LogP contribution in [0, 0.1) is 6.92 Å². The van der Waals surface area contributed by atoms with Gasteiger partial charge in [-0.3, -0.25) is 0 Å². The van der Waals surface area contributed by atoms with Crippen molar-refractivity contribution in [3.8, 4) is 11.1 Å². The molecule has 0 amide bonds. The number of para-hydroxylation sites is 1. The quantitative estimate of drug-likeness (QED) is 0.164. The zero-order chi connectivity index (χ0) is 48.1. The molecule has 70 heavy (non-hydrogen) atoms. The second-order valence-electron chi connectivity index (χ2n) is 23.4. The number of hydrogen-bond donors (Lipinski definition) is 0. The van der Waals surface area contributed by atoms with E-state index in [1.54, 1.807) is 0 Å². The first-order valence-corrected chi connectivity index (χ1v) is 25.7. The minimum absolute atomic E-state index is 0.00149. The smallest absolute Gasteiger partial charge is 0.252 e. The third-order valence-corrected chi connectivity index (χ3v) is 17.1. The summed E-state index contributed by atoms with van der Waals surface area (Å²) in [5.41, 5.74) is 23.5. The summed E-state index contributed by atoms with van der Waals surface area (Å²) in [4.78, 5) is 7.91. The lowest BCUT2D eigenvalue weighted by Crippen LogP contribution is -2.61. The Balaban J connectivity index is 1.08. The standard InChI is InChI=1S/C65H62BN3O/c1-41-35-57-61-58(36-41)68(47-28-32-60-50(39-47)49-19-13-14-20-59(49)70-60)56-40-48(69-54-30-21-43(42-17-11-10-12-18-42)37-51(54)64(8)33-15-16-34-65(64,69)9)27-29-52(56)66(61)53-38-45(63(5,6)7)24-31-55(53)67(57)46-25-22-44(23-26-46)62(2,3)4/h10-14,17-32,35-40H,15-16,33-34H2,1-9H3. The Morgan fingerprint density at radius 3 is 1.89 bits per heavy atom. The van der Waals surface area contributed by atoms with Crippen LogP contribution in [-0.2, 0) is 16.2 Å². The van der Waals surface area contributed by atoms with Crippen LogP contribution < -0.4 is 31.1 Å². The van der Waals surface area contributed by atoms with Crippen molar-refractivity contribution in [3.63, 3.8) is 0 Å². The van der Waals surface area contributed by atoms with E-state index in [0.717, 1.165) is 34.0 Å². The molecule has 4 nitrogen and oxygen atoms in total. The fourth-order valence-electron chi connectivity index (χ4n) is 13.2. The molecule has 5 heteroatoms. The summed E-state index contributed by atoms with van der Waals surface area (Å²) in [6.45, 7) is 21.3. The lowest BCUT2D eigenvalue weighted by molar-refractivity contribution is 0.195. The molecule has 0 spiro atoms. The van der Waals surface area contributed by atoms with Gasteiger partial charge in [0.1, 0.15) is 11.2 Å². The highest BCUT2D eigenvalue weighted by atomic mass is 16.3. The predicted molar refractivity (Wildman–Crippen MR) is 298 cm³/mol. The first kappa shape index (κ1) is 43.1. The van der Waals surface area contributed by atoms with E-state index >= 15 is 0 Å². The zero-order valence-electron chi connectivity index (χ0n) is 42.2. The maximum Gasteiger partial charge on any atom is 0.252 e. The molecule has 3 aliphatic heterocycles. The highest BCUT2D eigenvalue weighted by Crippen LogP contribution is 2.62. The van der Waals surface area contributed by atoms with Gasteiger partial charge < -0.3 is 19.1 Å². The monoisotopic (exact) mass is 911 g/mol. The highest BCUT2D eigenvalue weighted by molar-refractivity contribution is 7.00. The molecule has 2 atom stereocenters. The van der Waals surface area contributed by atoms with Gasteiger partial charge >= 0.3 is 0 Å². The number of rotatable bonds is 4. The second-order valence-corrected chi connectivity index (χ2v) is 23.4. The van der Waals surface area contributed by atoms with E-state index < -0.39 is 0 Å². The van der Waals surface area contributed by atoms with Gasteiger partial charge in [0, 0.05) is 61.7 Å². The molecule has 4 heterocycles. The molecule has 1 saturated carbocycles. The van der Waals surface area contributed by atoms with Crippen molar-refractivity contribution < 1.29 is 4.42 Å². The molecule has 2 unspecified atom stereocenters. The molecule has 0 radical (unpaired) electrons. The minimum Gasteiger partial charge on any atom is -0.456 e.